The summed E-state index contributed by atoms with van der Waals surface area (Å²) in [6, 6.07) is 5.95. The van der Waals surface area contributed by atoms with Gasteiger partial charge in [-0.15, -0.1) is 0 Å². The maximum Gasteiger partial charge on any atom is 0.124 e. The van der Waals surface area contributed by atoms with Crippen molar-refractivity contribution in [3.8, 4) is 11.8 Å². The molecule has 2 aromatic rings. The van der Waals surface area contributed by atoms with Crippen molar-refractivity contribution in [3.05, 3.63) is 41.0 Å². The fourth-order valence-corrected chi connectivity index (χ4v) is 1.67. The lowest BCUT2D eigenvalue weighted by atomic mass is 10.2. The van der Waals surface area contributed by atoms with E-state index in [-0.39, 0.29) is 5.56 Å². The summed E-state index contributed by atoms with van der Waals surface area (Å²) in [5.74, 6) is -0.445. The third-order valence-corrected chi connectivity index (χ3v) is 2.65. The summed E-state index contributed by atoms with van der Waals surface area (Å²) in [5.41, 5.74) is 8.60. The molecular weight excluding hydrogens is 219 g/mol. The van der Waals surface area contributed by atoms with Crippen molar-refractivity contribution < 1.29 is 4.39 Å². The number of nitrogens with two attached hydrogens (primary N) is 1. The van der Waals surface area contributed by atoms with Crippen LogP contribution in [0.25, 0.3) is 5.69 Å². The minimum absolute atomic E-state index is 0.232. The average Bonchev–Trinajstić information content (AvgIpc) is 2.57. The number of aryl methyl sites for hydroxylation is 1. The van der Waals surface area contributed by atoms with E-state index in [1.165, 1.54) is 18.2 Å². The number of hydrogen-bond donors (Lipinski definition) is 1. The SMILES string of the molecule is Cc1nn(-c2ccc(F)cc2C#N)c(C)c1N. The molecule has 0 atom stereocenters. The molecule has 1 aromatic carbocycles. The number of nitrogen functional groups attached to an aromatic ring is 1. The number of nitrogens with zero attached hydrogens (tertiary/aromatic N) is 3. The number of halogens is 1. The van der Waals surface area contributed by atoms with Gasteiger partial charge in [-0.2, -0.15) is 10.4 Å². The summed E-state index contributed by atoms with van der Waals surface area (Å²) in [6.07, 6.45) is 0. The molecule has 0 saturated carbocycles. The zero-order chi connectivity index (χ0) is 12.6. The Labute approximate surface area is 98.1 Å². The van der Waals surface area contributed by atoms with Crippen LogP contribution in [0.1, 0.15) is 17.0 Å². The molecule has 0 aliphatic carbocycles. The molecule has 86 valence electrons. The second-order valence-corrected chi connectivity index (χ2v) is 3.77. The number of benzene rings is 1. The van der Waals surface area contributed by atoms with Gasteiger partial charge in [0, 0.05) is 0 Å². The number of aromatic nitrogens is 2. The first-order valence-electron chi connectivity index (χ1n) is 5.06. The molecule has 0 aliphatic rings. The van der Waals surface area contributed by atoms with Gasteiger partial charge in [-0.3, -0.25) is 0 Å². The lowest BCUT2D eigenvalue weighted by Crippen LogP contribution is -2.02. The van der Waals surface area contributed by atoms with Crippen LogP contribution >= 0.6 is 0 Å². The standard InChI is InChI=1S/C12H11FN4/c1-7-12(15)8(2)17(16-7)11-4-3-10(13)5-9(11)6-14/h3-5H,15H2,1-2H3. The Kier molecular flexibility index (Phi) is 2.56. The van der Waals surface area contributed by atoms with Gasteiger partial charge in [-0.05, 0) is 32.0 Å². The Hall–Kier alpha value is -2.35. The van der Waals surface area contributed by atoms with Gasteiger partial charge in [0.05, 0.1) is 28.3 Å². The molecule has 2 rings (SSSR count). The first kappa shape index (κ1) is 11.1. The molecule has 0 spiro atoms. The average molecular weight is 230 g/mol. The summed E-state index contributed by atoms with van der Waals surface area (Å²) in [7, 11) is 0. The second-order valence-electron chi connectivity index (χ2n) is 3.77. The molecule has 0 saturated heterocycles. The number of hydrogen-bond acceptors (Lipinski definition) is 3. The summed E-state index contributed by atoms with van der Waals surface area (Å²) in [4.78, 5) is 0. The van der Waals surface area contributed by atoms with E-state index in [0.29, 0.717) is 17.1 Å². The minimum atomic E-state index is -0.445. The Morgan fingerprint density at radius 1 is 1.41 bits per heavy atom. The molecule has 1 heterocycles. The van der Waals surface area contributed by atoms with Gasteiger partial charge in [0.15, 0.2) is 0 Å². The quantitative estimate of drug-likeness (QED) is 0.815. The van der Waals surface area contributed by atoms with Gasteiger partial charge in [0.2, 0.25) is 0 Å². The largest absolute Gasteiger partial charge is 0.396 e. The zero-order valence-electron chi connectivity index (χ0n) is 9.53. The van der Waals surface area contributed by atoms with Crippen molar-refractivity contribution in [1.82, 2.24) is 9.78 Å². The minimum Gasteiger partial charge on any atom is -0.396 e. The molecule has 0 radical (unpaired) electrons. The van der Waals surface area contributed by atoms with E-state index in [1.54, 1.807) is 18.5 Å². The van der Waals surface area contributed by atoms with E-state index in [9.17, 15) is 4.39 Å². The molecule has 1 aromatic heterocycles. The van der Waals surface area contributed by atoms with Crippen molar-refractivity contribution in [1.29, 1.82) is 5.26 Å². The van der Waals surface area contributed by atoms with Crippen molar-refractivity contribution >= 4 is 5.69 Å². The van der Waals surface area contributed by atoms with Crippen LogP contribution in [0, 0.1) is 31.0 Å². The zero-order valence-corrected chi connectivity index (χ0v) is 9.53. The third kappa shape index (κ3) is 1.74. The Morgan fingerprint density at radius 2 is 2.12 bits per heavy atom. The van der Waals surface area contributed by atoms with Gasteiger partial charge in [0.25, 0.3) is 0 Å². The Morgan fingerprint density at radius 3 is 2.65 bits per heavy atom. The van der Waals surface area contributed by atoms with Crippen molar-refractivity contribution in [2.45, 2.75) is 13.8 Å². The van der Waals surface area contributed by atoms with Crippen LogP contribution in [-0.2, 0) is 0 Å². The molecule has 2 N–H and O–H groups in total. The Balaban J connectivity index is 2.69. The molecule has 5 heteroatoms. The molecule has 17 heavy (non-hydrogen) atoms. The number of anilines is 1. The van der Waals surface area contributed by atoms with Crippen LogP contribution in [-0.4, -0.2) is 9.78 Å². The first-order valence-corrected chi connectivity index (χ1v) is 5.06. The summed E-state index contributed by atoms with van der Waals surface area (Å²) >= 11 is 0. The maximum atomic E-state index is 13.0. The topological polar surface area (TPSA) is 67.6 Å². The molecule has 0 amide bonds. The van der Waals surface area contributed by atoms with Crippen LogP contribution < -0.4 is 5.73 Å². The van der Waals surface area contributed by atoms with Crippen LogP contribution in [0.4, 0.5) is 10.1 Å². The van der Waals surface area contributed by atoms with Crippen molar-refractivity contribution in [2.75, 3.05) is 5.73 Å². The van der Waals surface area contributed by atoms with E-state index in [1.807, 2.05) is 6.07 Å². The van der Waals surface area contributed by atoms with E-state index in [4.69, 9.17) is 11.0 Å². The first-order chi connectivity index (χ1) is 8.04. The Bertz CT molecular complexity index is 622. The van der Waals surface area contributed by atoms with E-state index >= 15 is 0 Å². The van der Waals surface area contributed by atoms with Gasteiger partial charge in [-0.25, -0.2) is 9.07 Å². The highest BCUT2D eigenvalue weighted by Gasteiger charge is 2.13. The lowest BCUT2D eigenvalue weighted by Gasteiger charge is -2.06. The number of nitriles is 1. The lowest BCUT2D eigenvalue weighted by molar-refractivity contribution is 0.626. The van der Waals surface area contributed by atoms with Gasteiger partial charge in [-0.1, -0.05) is 0 Å². The normalized spacial score (nSPS) is 10.2. The summed E-state index contributed by atoms with van der Waals surface area (Å²) in [6.45, 7) is 3.59. The maximum absolute atomic E-state index is 13.0. The molecule has 0 aliphatic heterocycles. The highest BCUT2D eigenvalue weighted by Crippen LogP contribution is 2.22. The van der Waals surface area contributed by atoms with Crippen LogP contribution in [0.5, 0.6) is 0 Å². The van der Waals surface area contributed by atoms with Gasteiger partial charge >= 0.3 is 0 Å². The fraction of sp³-hybridized carbons (Fsp3) is 0.167. The highest BCUT2D eigenvalue weighted by atomic mass is 19.1. The van der Waals surface area contributed by atoms with Gasteiger partial charge in [0.1, 0.15) is 11.9 Å². The molecule has 0 fully saturated rings. The fourth-order valence-electron chi connectivity index (χ4n) is 1.67. The monoisotopic (exact) mass is 230 g/mol. The summed E-state index contributed by atoms with van der Waals surface area (Å²) < 4.78 is 14.6. The van der Waals surface area contributed by atoms with Crippen molar-refractivity contribution in [3.63, 3.8) is 0 Å². The van der Waals surface area contributed by atoms with E-state index < -0.39 is 5.82 Å². The third-order valence-electron chi connectivity index (χ3n) is 2.65. The predicted molar refractivity (Wildman–Crippen MR) is 62.1 cm³/mol. The highest BCUT2D eigenvalue weighted by molar-refractivity contribution is 5.55. The second kappa shape index (κ2) is 3.91. The van der Waals surface area contributed by atoms with Crippen LogP contribution in [0.2, 0.25) is 0 Å². The smallest absolute Gasteiger partial charge is 0.124 e. The van der Waals surface area contributed by atoms with Crippen LogP contribution in [0.15, 0.2) is 18.2 Å². The van der Waals surface area contributed by atoms with E-state index in [0.717, 1.165) is 5.69 Å². The summed E-state index contributed by atoms with van der Waals surface area (Å²) in [5, 5.41) is 13.2. The van der Waals surface area contributed by atoms with Gasteiger partial charge < -0.3 is 5.73 Å². The number of rotatable bonds is 1. The molecule has 0 bridgehead atoms. The van der Waals surface area contributed by atoms with E-state index in [2.05, 4.69) is 5.10 Å². The van der Waals surface area contributed by atoms with Crippen molar-refractivity contribution in [2.24, 2.45) is 0 Å². The molecule has 4 nitrogen and oxygen atoms in total. The van der Waals surface area contributed by atoms with Crippen LogP contribution in [0.3, 0.4) is 0 Å². The predicted octanol–water partition coefficient (Wildman–Crippen LogP) is 2.08. The molecule has 0 unspecified atom stereocenters. The molecular formula is C12H11FN4.